The molecule has 1 fully saturated rings. The Morgan fingerprint density at radius 3 is 2.45 bits per heavy atom. The maximum absolute atomic E-state index is 11.9. The molecule has 1 aliphatic carbocycles. The van der Waals surface area contributed by atoms with Gasteiger partial charge in [-0.3, -0.25) is 9.59 Å². The second-order valence-corrected chi connectivity index (χ2v) is 5.62. The molecule has 0 spiro atoms. The van der Waals surface area contributed by atoms with Gasteiger partial charge in [-0.15, -0.1) is 0 Å². The number of carbonyl (C=O) groups excluding carboxylic acids is 2. The van der Waals surface area contributed by atoms with Crippen molar-refractivity contribution in [3.05, 3.63) is 35.4 Å². The van der Waals surface area contributed by atoms with Crippen molar-refractivity contribution in [1.29, 1.82) is 0 Å². The number of benzene rings is 1. The zero-order chi connectivity index (χ0) is 14.5. The van der Waals surface area contributed by atoms with E-state index in [0.29, 0.717) is 5.92 Å². The number of carbonyl (C=O) groups is 2. The Labute approximate surface area is 119 Å². The van der Waals surface area contributed by atoms with Crippen LogP contribution in [-0.4, -0.2) is 18.4 Å². The average Bonchev–Trinajstić information content (AvgIpc) is 3.20. The van der Waals surface area contributed by atoms with E-state index in [-0.39, 0.29) is 24.3 Å². The lowest BCUT2D eigenvalue weighted by molar-refractivity contribution is -0.122. The van der Waals surface area contributed by atoms with E-state index in [9.17, 15) is 9.59 Å². The summed E-state index contributed by atoms with van der Waals surface area (Å²) in [6.07, 6.45) is 2.72. The van der Waals surface area contributed by atoms with E-state index in [1.165, 1.54) is 19.8 Å². The summed E-state index contributed by atoms with van der Waals surface area (Å²) in [5, 5.41) is 5.79. The SMILES string of the molecule is CC(=O)NC(CC(=O)NCC1CC1)c1ccc(C)cc1. The summed E-state index contributed by atoms with van der Waals surface area (Å²) >= 11 is 0. The van der Waals surface area contributed by atoms with E-state index in [1.807, 2.05) is 31.2 Å². The molecule has 1 aromatic rings. The van der Waals surface area contributed by atoms with Crippen LogP contribution in [-0.2, 0) is 9.59 Å². The van der Waals surface area contributed by atoms with Crippen LogP contribution < -0.4 is 10.6 Å². The zero-order valence-electron chi connectivity index (χ0n) is 12.1. The molecule has 2 N–H and O–H groups in total. The summed E-state index contributed by atoms with van der Waals surface area (Å²) in [4.78, 5) is 23.3. The van der Waals surface area contributed by atoms with E-state index in [4.69, 9.17) is 0 Å². The summed E-state index contributed by atoms with van der Waals surface area (Å²) in [5.74, 6) is 0.541. The van der Waals surface area contributed by atoms with Crippen LogP contribution in [0.5, 0.6) is 0 Å². The van der Waals surface area contributed by atoms with Crippen LogP contribution in [0.3, 0.4) is 0 Å². The van der Waals surface area contributed by atoms with Crippen molar-refractivity contribution in [1.82, 2.24) is 10.6 Å². The summed E-state index contributed by atoms with van der Waals surface area (Å²) in [6.45, 7) is 4.25. The largest absolute Gasteiger partial charge is 0.356 e. The van der Waals surface area contributed by atoms with Crippen molar-refractivity contribution in [3.8, 4) is 0 Å². The van der Waals surface area contributed by atoms with Crippen LogP contribution in [0.4, 0.5) is 0 Å². The lowest BCUT2D eigenvalue weighted by Crippen LogP contribution is -2.33. The highest BCUT2D eigenvalue weighted by Crippen LogP contribution is 2.27. The Bertz CT molecular complexity index is 478. The van der Waals surface area contributed by atoms with Gasteiger partial charge in [-0.1, -0.05) is 29.8 Å². The molecule has 0 heterocycles. The Kier molecular flexibility index (Phi) is 4.77. The molecule has 4 heteroatoms. The minimum atomic E-state index is -0.257. The second-order valence-electron chi connectivity index (χ2n) is 5.62. The first kappa shape index (κ1) is 14.6. The van der Waals surface area contributed by atoms with Crippen LogP contribution in [0.15, 0.2) is 24.3 Å². The molecule has 0 aromatic heterocycles. The lowest BCUT2D eigenvalue weighted by atomic mass is 10.0. The number of aryl methyl sites for hydroxylation is 1. The maximum atomic E-state index is 11.9. The fourth-order valence-corrected chi connectivity index (χ4v) is 2.13. The van der Waals surface area contributed by atoms with Gasteiger partial charge in [0.25, 0.3) is 0 Å². The molecule has 1 unspecified atom stereocenters. The molecule has 1 aliphatic rings. The standard InChI is InChI=1S/C16H22N2O2/c1-11-3-7-14(8-4-11)15(18-12(2)19)9-16(20)17-10-13-5-6-13/h3-4,7-8,13,15H,5-6,9-10H2,1-2H3,(H,17,20)(H,18,19). The zero-order valence-corrected chi connectivity index (χ0v) is 12.1. The highest BCUT2D eigenvalue weighted by molar-refractivity contribution is 5.79. The van der Waals surface area contributed by atoms with Crippen LogP contribution >= 0.6 is 0 Å². The quantitative estimate of drug-likeness (QED) is 0.834. The minimum Gasteiger partial charge on any atom is -0.356 e. The smallest absolute Gasteiger partial charge is 0.222 e. The number of amides is 2. The van der Waals surface area contributed by atoms with E-state index in [0.717, 1.165) is 17.7 Å². The molecule has 1 atom stereocenters. The molecule has 0 bridgehead atoms. The summed E-state index contributed by atoms with van der Waals surface area (Å²) < 4.78 is 0. The van der Waals surface area contributed by atoms with Crippen LogP contribution in [0, 0.1) is 12.8 Å². The van der Waals surface area contributed by atoms with E-state index < -0.39 is 0 Å². The van der Waals surface area contributed by atoms with Gasteiger partial charge in [0, 0.05) is 13.5 Å². The summed E-state index contributed by atoms with van der Waals surface area (Å²) in [5.41, 5.74) is 2.13. The number of hydrogen-bond donors (Lipinski definition) is 2. The van der Waals surface area contributed by atoms with Crippen molar-refractivity contribution in [2.75, 3.05) is 6.54 Å². The maximum Gasteiger partial charge on any atom is 0.222 e. The van der Waals surface area contributed by atoms with Crippen molar-refractivity contribution in [2.24, 2.45) is 5.92 Å². The second kappa shape index (κ2) is 6.55. The first-order valence-corrected chi connectivity index (χ1v) is 7.15. The third-order valence-corrected chi connectivity index (χ3v) is 3.53. The third kappa shape index (κ3) is 4.68. The van der Waals surface area contributed by atoms with Crippen molar-refractivity contribution in [2.45, 2.75) is 39.2 Å². The van der Waals surface area contributed by atoms with Crippen molar-refractivity contribution >= 4 is 11.8 Å². The Morgan fingerprint density at radius 2 is 1.90 bits per heavy atom. The van der Waals surface area contributed by atoms with E-state index in [1.54, 1.807) is 0 Å². The van der Waals surface area contributed by atoms with Gasteiger partial charge in [-0.25, -0.2) is 0 Å². The summed E-state index contributed by atoms with van der Waals surface area (Å²) in [6, 6.07) is 7.65. The molecule has 0 radical (unpaired) electrons. The van der Waals surface area contributed by atoms with Crippen LogP contribution in [0.2, 0.25) is 0 Å². The number of rotatable bonds is 6. The van der Waals surface area contributed by atoms with Gasteiger partial charge in [-0.05, 0) is 31.2 Å². The number of hydrogen-bond acceptors (Lipinski definition) is 2. The van der Waals surface area contributed by atoms with Crippen LogP contribution in [0.25, 0.3) is 0 Å². The first-order valence-electron chi connectivity index (χ1n) is 7.15. The normalized spacial score (nSPS) is 15.5. The number of nitrogens with one attached hydrogen (secondary N) is 2. The predicted molar refractivity (Wildman–Crippen MR) is 78.1 cm³/mol. The predicted octanol–water partition coefficient (Wildman–Crippen LogP) is 2.09. The highest BCUT2D eigenvalue weighted by Gasteiger charge is 2.23. The lowest BCUT2D eigenvalue weighted by Gasteiger charge is -2.18. The van der Waals surface area contributed by atoms with Crippen molar-refractivity contribution in [3.63, 3.8) is 0 Å². The highest BCUT2D eigenvalue weighted by atomic mass is 16.2. The van der Waals surface area contributed by atoms with Gasteiger partial charge in [-0.2, -0.15) is 0 Å². The third-order valence-electron chi connectivity index (χ3n) is 3.53. The molecular weight excluding hydrogens is 252 g/mol. The fourth-order valence-electron chi connectivity index (χ4n) is 2.13. The summed E-state index contributed by atoms with van der Waals surface area (Å²) in [7, 11) is 0. The van der Waals surface area contributed by atoms with E-state index in [2.05, 4.69) is 10.6 Å². The fraction of sp³-hybridized carbons (Fsp3) is 0.500. The molecule has 2 amide bonds. The van der Waals surface area contributed by atoms with E-state index >= 15 is 0 Å². The molecule has 4 nitrogen and oxygen atoms in total. The van der Waals surface area contributed by atoms with Gasteiger partial charge in [0.15, 0.2) is 0 Å². The Balaban J connectivity index is 1.96. The van der Waals surface area contributed by atoms with Gasteiger partial charge < -0.3 is 10.6 Å². The molecule has 1 aromatic carbocycles. The van der Waals surface area contributed by atoms with Crippen molar-refractivity contribution < 1.29 is 9.59 Å². The molecule has 1 saturated carbocycles. The van der Waals surface area contributed by atoms with Crippen LogP contribution in [0.1, 0.15) is 43.4 Å². The van der Waals surface area contributed by atoms with Gasteiger partial charge in [0.1, 0.15) is 0 Å². The molecule has 0 aliphatic heterocycles. The van der Waals surface area contributed by atoms with Gasteiger partial charge in [0.2, 0.25) is 11.8 Å². The Morgan fingerprint density at radius 1 is 1.25 bits per heavy atom. The average molecular weight is 274 g/mol. The monoisotopic (exact) mass is 274 g/mol. The molecule has 0 saturated heterocycles. The van der Waals surface area contributed by atoms with Gasteiger partial charge in [0.05, 0.1) is 12.5 Å². The molecule has 20 heavy (non-hydrogen) atoms. The minimum absolute atomic E-state index is 0.00350. The first-order chi connectivity index (χ1) is 9.54. The van der Waals surface area contributed by atoms with Gasteiger partial charge >= 0.3 is 0 Å². The molecular formula is C16H22N2O2. The molecule has 108 valence electrons. The Hall–Kier alpha value is -1.84. The topological polar surface area (TPSA) is 58.2 Å². The molecule has 2 rings (SSSR count).